The van der Waals surface area contributed by atoms with Crippen LogP contribution in [0.25, 0.3) is 11.1 Å². The van der Waals surface area contributed by atoms with E-state index in [-0.39, 0.29) is 30.2 Å². The van der Waals surface area contributed by atoms with Crippen LogP contribution < -0.4 is 5.32 Å². The number of hydrogen-bond donors (Lipinski definition) is 3. The van der Waals surface area contributed by atoms with E-state index in [1.54, 1.807) is 11.8 Å². The second-order valence-corrected chi connectivity index (χ2v) is 14.6. The van der Waals surface area contributed by atoms with Crippen molar-refractivity contribution in [3.63, 3.8) is 0 Å². The number of carboxylic acids is 1. The number of nitrogens with one attached hydrogen (secondary N) is 1. The van der Waals surface area contributed by atoms with Crippen molar-refractivity contribution in [3.8, 4) is 11.1 Å². The third kappa shape index (κ3) is 7.23. The van der Waals surface area contributed by atoms with Gasteiger partial charge in [-0.2, -0.15) is 11.8 Å². The van der Waals surface area contributed by atoms with Gasteiger partial charge in [0.2, 0.25) is 0 Å². The number of aliphatic hydroxyl groups is 1. The van der Waals surface area contributed by atoms with Gasteiger partial charge in [-0.1, -0.05) is 36.4 Å². The van der Waals surface area contributed by atoms with Crippen LogP contribution in [0.5, 0.6) is 0 Å². The van der Waals surface area contributed by atoms with Crippen molar-refractivity contribution >= 4 is 42.5 Å². The number of hydrogen-bond acceptors (Lipinski definition) is 5. The maximum Gasteiger partial charge on any atom is 0.326 e. The van der Waals surface area contributed by atoms with Crippen molar-refractivity contribution in [1.29, 1.82) is 0 Å². The Kier molecular flexibility index (Phi) is 10.9. The molecule has 8 heteroatoms. The average Bonchev–Trinajstić information content (AvgIpc) is 3.01. The maximum absolute atomic E-state index is 13.5. The van der Waals surface area contributed by atoms with E-state index in [4.69, 9.17) is 0 Å². The van der Waals surface area contributed by atoms with Crippen LogP contribution in [-0.2, 0) is 17.6 Å². The second-order valence-electron chi connectivity index (χ2n) is 13.6. The molecule has 3 aromatic rings. The fraction of sp³-hybridized carbons (Fsp3) is 0.486. The van der Waals surface area contributed by atoms with Crippen LogP contribution in [0.2, 0.25) is 0 Å². The zero-order valence-corrected chi connectivity index (χ0v) is 27.6. The van der Waals surface area contributed by atoms with Crippen LogP contribution in [0, 0.1) is 30.1 Å². The predicted molar refractivity (Wildman–Crippen MR) is 181 cm³/mol. The molecule has 1 aromatic heterocycles. The third-order valence-corrected chi connectivity index (χ3v) is 11.2. The molecular formula is C37H44LiN2O4S. The van der Waals surface area contributed by atoms with Gasteiger partial charge in [0.05, 0.1) is 6.10 Å². The number of carbonyl (C=O) groups is 2. The Morgan fingerprint density at radius 3 is 2.33 bits per heavy atom. The molecule has 0 spiro atoms. The van der Waals surface area contributed by atoms with Crippen LogP contribution in [0.1, 0.15) is 83.7 Å². The number of pyridine rings is 1. The molecule has 4 bridgehead atoms. The van der Waals surface area contributed by atoms with E-state index >= 15 is 0 Å². The van der Waals surface area contributed by atoms with Crippen molar-refractivity contribution in [2.24, 2.45) is 23.2 Å². The van der Waals surface area contributed by atoms with E-state index < -0.39 is 18.1 Å². The topological polar surface area (TPSA) is 99.5 Å². The monoisotopic (exact) mass is 619 g/mol. The summed E-state index contributed by atoms with van der Waals surface area (Å²) in [6.45, 7) is 2.02. The SMILES string of the molecule is CSCC[C@H](NC(=O)c1ccc(CCc2cnccc2C(O)C23CC4CC(CC(C4)C2)C3)cc1-c1ccccc1C)C(=O)O.[Li]. The standard InChI is InChI=1S/C37H44N2O4S.Li/c1-23-5-3-4-6-29(23)32-18-24(8-10-31(32)35(41)39-33(36(42)43)12-14-44-2)7-9-28-22-38-13-11-30(28)34(40)37-19-25-15-26(20-37)17-27(16-25)21-37;/h3-6,8,10-11,13,18,22,25-27,33-34,40H,7,9,12,14-17,19-21H2,1-2H3,(H,39,41)(H,42,43);/t25?,26?,27?,33-,34?,37?;/m0./s1. The number of aliphatic hydroxyl groups excluding tert-OH is 1. The van der Waals surface area contributed by atoms with Gasteiger partial charge in [-0.15, -0.1) is 0 Å². The summed E-state index contributed by atoms with van der Waals surface area (Å²) in [5.41, 5.74) is 6.47. The van der Waals surface area contributed by atoms with Crippen LogP contribution in [0.3, 0.4) is 0 Å². The number of carbonyl (C=O) groups excluding carboxylic acids is 1. The number of aliphatic carboxylic acids is 1. The molecule has 4 aliphatic carbocycles. The summed E-state index contributed by atoms with van der Waals surface area (Å²) < 4.78 is 0. The summed E-state index contributed by atoms with van der Waals surface area (Å²) >= 11 is 1.56. The molecule has 0 saturated heterocycles. The number of rotatable bonds is 12. The van der Waals surface area contributed by atoms with Crippen LogP contribution >= 0.6 is 11.8 Å². The molecule has 4 saturated carbocycles. The van der Waals surface area contributed by atoms with Crippen LogP contribution in [0.15, 0.2) is 60.9 Å². The molecular weight excluding hydrogens is 575 g/mol. The smallest absolute Gasteiger partial charge is 0.326 e. The largest absolute Gasteiger partial charge is 0.480 e. The quantitative estimate of drug-likeness (QED) is 0.197. The summed E-state index contributed by atoms with van der Waals surface area (Å²) in [5.74, 6) is 1.56. The van der Waals surface area contributed by atoms with Crippen molar-refractivity contribution in [3.05, 3.63) is 88.7 Å². The minimum absolute atomic E-state index is 0. The molecule has 1 unspecified atom stereocenters. The van der Waals surface area contributed by atoms with Crippen molar-refractivity contribution in [2.75, 3.05) is 12.0 Å². The minimum atomic E-state index is -1.02. The molecule has 1 amide bonds. The van der Waals surface area contributed by atoms with Crippen LogP contribution in [-0.4, -0.2) is 64.0 Å². The van der Waals surface area contributed by atoms with Gasteiger partial charge in [0, 0.05) is 42.2 Å². The molecule has 1 heterocycles. The molecule has 1 radical (unpaired) electrons. The predicted octanol–water partition coefficient (Wildman–Crippen LogP) is 6.65. The Hall–Kier alpha value is -2.56. The molecule has 2 aromatic carbocycles. The van der Waals surface area contributed by atoms with E-state index in [9.17, 15) is 19.8 Å². The molecule has 2 atom stereocenters. The normalized spacial score (nSPS) is 24.5. The van der Waals surface area contributed by atoms with Gasteiger partial charge in [-0.25, -0.2) is 4.79 Å². The second kappa shape index (κ2) is 14.5. The molecule has 4 fully saturated rings. The molecule has 0 aliphatic heterocycles. The van der Waals surface area contributed by atoms with Crippen LogP contribution in [0.4, 0.5) is 0 Å². The molecule has 7 rings (SSSR count). The number of carboxylic acid groups (broad SMARTS) is 1. The molecule has 233 valence electrons. The number of thioether (sulfide) groups is 1. The molecule has 6 nitrogen and oxygen atoms in total. The molecule has 45 heavy (non-hydrogen) atoms. The Labute approximate surface area is 283 Å². The number of aromatic nitrogens is 1. The Morgan fingerprint density at radius 2 is 1.69 bits per heavy atom. The van der Waals surface area contributed by atoms with Gasteiger partial charge in [-0.3, -0.25) is 9.78 Å². The Bertz CT molecular complexity index is 1490. The van der Waals surface area contributed by atoms with Gasteiger partial charge >= 0.3 is 5.97 Å². The van der Waals surface area contributed by atoms with Gasteiger partial charge < -0.3 is 15.5 Å². The fourth-order valence-electron chi connectivity index (χ4n) is 8.81. The Morgan fingerprint density at radius 1 is 1.00 bits per heavy atom. The number of aryl methyl sites for hydroxylation is 3. The number of nitrogens with zero attached hydrogens (tertiary/aromatic N) is 1. The summed E-state index contributed by atoms with van der Waals surface area (Å²) in [6, 6.07) is 14.9. The van der Waals surface area contributed by atoms with Gasteiger partial charge in [0.25, 0.3) is 5.91 Å². The maximum atomic E-state index is 13.5. The van der Waals surface area contributed by atoms with E-state index in [0.717, 1.165) is 83.2 Å². The van der Waals surface area contributed by atoms with E-state index in [0.29, 0.717) is 17.7 Å². The molecule has 3 N–H and O–H groups in total. The summed E-state index contributed by atoms with van der Waals surface area (Å²) in [4.78, 5) is 29.8. The van der Waals surface area contributed by atoms with E-state index in [1.807, 2.05) is 68.0 Å². The third-order valence-electron chi connectivity index (χ3n) is 10.6. The number of amides is 1. The first kappa shape index (κ1) is 33.8. The van der Waals surface area contributed by atoms with Gasteiger partial charge in [0.15, 0.2) is 0 Å². The Balaban J connectivity index is 0.00000400. The molecule has 4 aliphatic rings. The van der Waals surface area contributed by atoms with E-state index in [2.05, 4.69) is 16.4 Å². The zero-order valence-electron chi connectivity index (χ0n) is 26.8. The minimum Gasteiger partial charge on any atom is -0.480 e. The van der Waals surface area contributed by atoms with E-state index in [1.165, 1.54) is 19.3 Å². The number of benzene rings is 2. The van der Waals surface area contributed by atoms with Gasteiger partial charge in [-0.05, 0) is 140 Å². The van der Waals surface area contributed by atoms with Crippen molar-refractivity contribution < 1.29 is 19.8 Å². The first-order chi connectivity index (χ1) is 21.3. The fourth-order valence-corrected chi connectivity index (χ4v) is 9.28. The average molecular weight is 620 g/mol. The first-order valence-corrected chi connectivity index (χ1v) is 17.5. The summed E-state index contributed by atoms with van der Waals surface area (Å²) in [6.07, 6.45) is 14.5. The van der Waals surface area contributed by atoms with Gasteiger partial charge in [0.1, 0.15) is 6.04 Å². The summed E-state index contributed by atoms with van der Waals surface area (Å²) in [7, 11) is 0. The van der Waals surface area contributed by atoms with Crippen molar-refractivity contribution in [1.82, 2.24) is 10.3 Å². The zero-order chi connectivity index (χ0) is 30.8. The van der Waals surface area contributed by atoms with Crippen molar-refractivity contribution in [2.45, 2.75) is 76.9 Å². The first-order valence-electron chi connectivity index (χ1n) is 16.1. The summed E-state index contributed by atoms with van der Waals surface area (Å²) in [5, 5.41) is 24.4.